The number of benzene rings is 1. The zero-order valence-electron chi connectivity index (χ0n) is 12.2. The van der Waals surface area contributed by atoms with Crippen molar-refractivity contribution in [3.63, 3.8) is 0 Å². The van der Waals surface area contributed by atoms with E-state index >= 15 is 0 Å². The fourth-order valence-electron chi connectivity index (χ4n) is 2.74. The van der Waals surface area contributed by atoms with Gasteiger partial charge in [-0.3, -0.25) is 0 Å². The van der Waals surface area contributed by atoms with Crippen LogP contribution in [0.2, 0.25) is 0 Å². The highest BCUT2D eigenvalue weighted by atomic mass is 16.5. The molecule has 0 radical (unpaired) electrons. The van der Waals surface area contributed by atoms with Crippen molar-refractivity contribution in [1.29, 1.82) is 0 Å². The Balaban J connectivity index is 1.77. The molecule has 0 aromatic heterocycles. The van der Waals surface area contributed by atoms with Gasteiger partial charge in [0.25, 0.3) is 0 Å². The molecule has 3 nitrogen and oxygen atoms in total. The molecule has 1 aliphatic carbocycles. The van der Waals surface area contributed by atoms with Crippen molar-refractivity contribution in [1.82, 2.24) is 5.32 Å². The molecule has 1 unspecified atom stereocenters. The monoisotopic (exact) mass is 263 g/mol. The van der Waals surface area contributed by atoms with Gasteiger partial charge in [0.2, 0.25) is 0 Å². The molecule has 2 rings (SSSR count). The average Bonchev–Trinajstić information content (AvgIpc) is 2.37. The lowest BCUT2D eigenvalue weighted by atomic mass is 9.88. The summed E-state index contributed by atoms with van der Waals surface area (Å²) < 4.78 is 11.0. The lowest BCUT2D eigenvalue weighted by molar-refractivity contribution is -0.0119. The molecule has 0 amide bonds. The van der Waals surface area contributed by atoms with Gasteiger partial charge in [0.1, 0.15) is 5.75 Å². The maximum atomic E-state index is 5.58. The average molecular weight is 263 g/mol. The number of hydrogen-bond donors (Lipinski definition) is 1. The summed E-state index contributed by atoms with van der Waals surface area (Å²) in [6.07, 6.45) is 3.76. The molecule has 1 N–H and O–H groups in total. The van der Waals surface area contributed by atoms with Gasteiger partial charge in [-0.2, -0.15) is 0 Å². The van der Waals surface area contributed by atoms with Crippen LogP contribution in [0.3, 0.4) is 0 Å². The Hall–Kier alpha value is -1.06. The van der Waals surface area contributed by atoms with Gasteiger partial charge in [-0.25, -0.2) is 0 Å². The van der Waals surface area contributed by atoms with Crippen molar-refractivity contribution in [3.8, 4) is 5.75 Å². The van der Waals surface area contributed by atoms with Gasteiger partial charge < -0.3 is 14.8 Å². The molecule has 3 heteroatoms. The zero-order chi connectivity index (χ0) is 13.7. The topological polar surface area (TPSA) is 30.5 Å². The first-order valence-electron chi connectivity index (χ1n) is 7.22. The van der Waals surface area contributed by atoms with E-state index in [1.165, 1.54) is 5.56 Å². The normalized spacial score (nSPS) is 23.7. The molecule has 0 bridgehead atoms. The van der Waals surface area contributed by atoms with Gasteiger partial charge in [-0.1, -0.05) is 18.2 Å². The van der Waals surface area contributed by atoms with Crippen LogP contribution in [-0.4, -0.2) is 31.9 Å². The molecule has 0 spiro atoms. The van der Waals surface area contributed by atoms with E-state index in [1.54, 1.807) is 7.11 Å². The van der Waals surface area contributed by atoms with Crippen LogP contribution in [0.25, 0.3) is 0 Å². The first-order valence-corrected chi connectivity index (χ1v) is 7.22. The summed E-state index contributed by atoms with van der Waals surface area (Å²) in [6, 6.07) is 9.32. The number of ether oxygens (including phenoxy) is 2. The Morgan fingerprint density at radius 2 is 2.05 bits per heavy atom. The summed E-state index contributed by atoms with van der Waals surface area (Å²) in [6.45, 7) is 5.12. The third-order valence-corrected chi connectivity index (χ3v) is 3.74. The summed E-state index contributed by atoms with van der Waals surface area (Å²) in [5.41, 5.74) is 1.27. The molecular weight excluding hydrogens is 238 g/mol. The number of methoxy groups -OCH3 is 1. The largest absolute Gasteiger partial charge is 0.496 e. The molecule has 19 heavy (non-hydrogen) atoms. The fourth-order valence-corrected chi connectivity index (χ4v) is 2.74. The molecule has 0 aliphatic heterocycles. The second-order valence-corrected chi connectivity index (χ2v) is 5.33. The number of hydrogen-bond acceptors (Lipinski definition) is 3. The quantitative estimate of drug-likeness (QED) is 0.820. The standard InChI is InChI=1S/C16H25NO2/c1-4-19-15-10-14(11-15)17-12(2)9-13-7-5-6-8-16(13)18-3/h5-8,12,14-15,17H,4,9-11H2,1-3H3. The molecule has 1 aromatic carbocycles. The van der Waals surface area contributed by atoms with E-state index in [4.69, 9.17) is 9.47 Å². The third kappa shape index (κ3) is 3.95. The highest BCUT2D eigenvalue weighted by Gasteiger charge is 2.30. The van der Waals surface area contributed by atoms with Crippen LogP contribution in [-0.2, 0) is 11.2 Å². The second kappa shape index (κ2) is 6.92. The van der Waals surface area contributed by atoms with Crippen LogP contribution >= 0.6 is 0 Å². The van der Waals surface area contributed by atoms with Crippen molar-refractivity contribution < 1.29 is 9.47 Å². The molecule has 1 aromatic rings. The van der Waals surface area contributed by atoms with Gasteiger partial charge in [-0.15, -0.1) is 0 Å². The SMILES string of the molecule is CCOC1CC(NC(C)Cc2ccccc2OC)C1. The Kier molecular flexibility index (Phi) is 5.23. The first kappa shape index (κ1) is 14.4. The summed E-state index contributed by atoms with van der Waals surface area (Å²) in [5.74, 6) is 0.983. The second-order valence-electron chi connectivity index (χ2n) is 5.33. The minimum atomic E-state index is 0.462. The van der Waals surface area contributed by atoms with Crippen LogP contribution in [0.5, 0.6) is 5.75 Å². The molecule has 106 valence electrons. The van der Waals surface area contributed by atoms with Crippen LogP contribution in [0.4, 0.5) is 0 Å². The fraction of sp³-hybridized carbons (Fsp3) is 0.625. The Morgan fingerprint density at radius 3 is 2.74 bits per heavy atom. The van der Waals surface area contributed by atoms with Gasteiger partial charge in [-0.05, 0) is 44.7 Å². The van der Waals surface area contributed by atoms with E-state index in [9.17, 15) is 0 Å². The van der Waals surface area contributed by atoms with Crippen LogP contribution in [0.15, 0.2) is 24.3 Å². The summed E-state index contributed by atoms with van der Waals surface area (Å²) in [7, 11) is 1.73. The van der Waals surface area contributed by atoms with Crippen molar-refractivity contribution >= 4 is 0 Å². The minimum absolute atomic E-state index is 0.462. The van der Waals surface area contributed by atoms with Crippen molar-refractivity contribution in [3.05, 3.63) is 29.8 Å². The predicted octanol–water partition coefficient (Wildman–Crippen LogP) is 2.78. The Labute approximate surface area is 116 Å². The maximum Gasteiger partial charge on any atom is 0.122 e. The van der Waals surface area contributed by atoms with Crippen molar-refractivity contribution in [2.75, 3.05) is 13.7 Å². The van der Waals surface area contributed by atoms with E-state index in [1.807, 2.05) is 12.1 Å². The number of rotatable bonds is 7. The highest BCUT2D eigenvalue weighted by molar-refractivity contribution is 5.33. The van der Waals surface area contributed by atoms with Gasteiger partial charge in [0, 0.05) is 18.7 Å². The lowest BCUT2D eigenvalue weighted by Gasteiger charge is -2.37. The van der Waals surface area contributed by atoms with Gasteiger partial charge in [0.05, 0.1) is 13.2 Å². The van der Waals surface area contributed by atoms with Crippen molar-refractivity contribution in [2.24, 2.45) is 0 Å². The predicted molar refractivity (Wildman–Crippen MR) is 77.7 cm³/mol. The van der Waals surface area contributed by atoms with Gasteiger partial charge in [0.15, 0.2) is 0 Å². The molecule has 0 saturated heterocycles. The zero-order valence-corrected chi connectivity index (χ0v) is 12.2. The van der Waals surface area contributed by atoms with E-state index in [-0.39, 0.29) is 0 Å². The van der Waals surface area contributed by atoms with E-state index in [2.05, 4.69) is 31.3 Å². The molecule has 1 saturated carbocycles. The van der Waals surface area contributed by atoms with Gasteiger partial charge >= 0.3 is 0 Å². The van der Waals surface area contributed by atoms with E-state index < -0.39 is 0 Å². The minimum Gasteiger partial charge on any atom is -0.496 e. The number of para-hydroxylation sites is 1. The summed E-state index contributed by atoms with van der Waals surface area (Å²) in [4.78, 5) is 0. The molecule has 1 aliphatic rings. The molecule has 1 fully saturated rings. The van der Waals surface area contributed by atoms with Crippen molar-refractivity contribution in [2.45, 2.75) is 51.3 Å². The molecule has 0 heterocycles. The summed E-state index contributed by atoms with van der Waals surface area (Å²) >= 11 is 0. The van der Waals surface area contributed by atoms with Crippen LogP contribution in [0, 0.1) is 0 Å². The highest BCUT2D eigenvalue weighted by Crippen LogP contribution is 2.25. The summed E-state index contributed by atoms with van der Waals surface area (Å²) in [5, 5.41) is 3.67. The third-order valence-electron chi connectivity index (χ3n) is 3.74. The first-order chi connectivity index (χ1) is 9.22. The van der Waals surface area contributed by atoms with E-state index in [0.717, 1.165) is 31.6 Å². The van der Waals surface area contributed by atoms with Crippen LogP contribution < -0.4 is 10.1 Å². The Morgan fingerprint density at radius 1 is 1.32 bits per heavy atom. The van der Waals surface area contributed by atoms with E-state index in [0.29, 0.717) is 18.2 Å². The lowest BCUT2D eigenvalue weighted by Crippen LogP contribution is -2.49. The molecule has 1 atom stereocenters. The van der Waals surface area contributed by atoms with Crippen LogP contribution in [0.1, 0.15) is 32.3 Å². The smallest absolute Gasteiger partial charge is 0.122 e. The maximum absolute atomic E-state index is 5.58. The Bertz CT molecular complexity index is 388. The molecular formula is C16H25NO2. The number of nitrogens with one attached hydrogen (secondary N) is 1.